The third-order valence-corrected chi connectivity index (χ3v) is 6.92. The molecule has 2 saturated carbocycles. The first kappa shape index (κ1) is 16.8. The molecule has 1 aromatic rings. The zero-order valence-corrected chi connectivity index (χ0v) is 15.1. The molecule has 1 heterocycles. The lowest BCUT2D eigenvalue weighted by molar-refractivity contribution is -0.150. The van der Waals surface area contributed by atoms with Gasteiger partial charge in [-0.1, -0.05) is 24.0 Å². The Morgan fingerprint density at radius 2 is 1.68 bits per heavy atom. The van der Waals surface area contributed by atoms with Gasteiger partial charge in [0.2, 0.25) is 5.91 Å². The molecule has 0 saturated heterocycles. The van der Waals surface area contributed by atoms with Crippen molar-refractivity contribution in [2.45, 2.75) is 51.4 Å². The lowest BCUT2D eigenvalue weighted by Gasteiger charge is -2.46. The summed E-state index contributed by atoms with van der Waals surface area (Å²) >= 11 is 1.37. The minimum absolute atomic E-state index is 0.0441. The second kappa shape index (κ2) is 6.90. The van der Waals surface area contributed by atoms with Gasteiger partial charge in [-0.3, -0.25) is 9.59 Å². The second-order valence-electron chi connectivity index (χ2n) is 7.47. The number of fused-ring (bicyclic) bond motifs is 2. The van der Waals surface area contributed by atoms with Crippen LogP contribution in [0.4, 0.5) is 5.13 Å². The van der Waals surface area contributed by atoms with Crippen molar-refractivity contribution in [1.82, 2.24) is 4.98 Å². The molecule has 2 N–H and O–H groups in total. The summed E-state index contributed by atoms with van der Waals surface area (Å²) in [6, 6.07) is 0. The molecular weight excluding hydrogens is 336 g/mol. The van der Waals surface area contributed by atoms with E-state index in [1.54, 1.807) is 6.20 Å². The van der Waals surface area contributed by atoms with Gasteiger partial charge in [-0.25, -0.2) is 4.98 Å². The molecule has 0 unspecified atom stereocenters. The van der Waals surface area contributed by atoms with Crippen molar-refractivity contribution in [3.05, 3.63) is 22.7 Å². The first-order chi connectivity index (χ1) is 12.2. The van der Waals surface area contributed by atoms with Crippen LogP contribution in [-0.2, 0) is 9.59 Å². The number of amides is 1. The average Bonchev–Trinajstić information content (AvgIpc) is 3.13. The van der Waals surface area contributed by atoms with E-state index in [-0.39, 0.29) is 17.7 Å². The van der Waals surface area contributed by atoms with Crippen LogP contribution in [0, 0.1) is 23.7 Å². The summed E-state index contributed by atoms with van der Waals surface area (Å²) in [6.07, 6.45) is 10.0. The fourth-order valence-electron chi connectivity index (χ4n) is 5.31. The van der Waals surface area contributed by atoms with Gasteiger partial charge in [0.1, 0.15) is 0 Å². The molecule has 4 rings (SSSR count). The van der Waals surface area contributed by atoms with Crippen molar-refractivity contribution in [3.63, 3.8) is 0 Å². The zero-order chi connectivity index (χ0) is 17.4. The Labute approximate surface area is 151 Å². The van der Waals surface area contributed by atoms with Crippen molar-refractivity contribution in [3.8, 4) is 0 Å². The fourth-order valence-corrected chi connectivity index (χ4v) is 5.85. The van der Waals surface area contributed by atoms with Gasteiger partial charge in [0, 0.05) is 11.6 Å². The first-order valence-corrected chi connectivity index (χ1v) is 10.2. The van der Waals surface area contributed by atoms with Crippen molar-refractivity contribution >= 4 is 28.3 Å². The van der Waals surface area contributed by atoms with Crippen LogP contribution in [0.2, 0.25) is 0 Å². The number of thiazole rings is 1. The summed E-state index contributed by atoms with van der Waals surface area (Å²) < 4.78 is 0. The summed E-state index contributed by atoms with van der Waals surface area (Å²) in [5.41, 5.74) is 2.81. The van der Waals surface area contributed by atoms with Gasteiger partial charge in [0.25, 0.3) is 0 Å². The van der Waals surface area contributed by atoms with Crippen molar-refractivity contribution < 1.29 is 14.7 Å². The van der Waals surface area contributed by atoms with Crippen LogP contribution in [0.3, 0.4) is 0 Å². The molecule has 1 aromatic heterocycles. The largest absolute Gasteiger partial charge is 0.481 e. The van der Waals surface area contributed by atoms with E-state index in [4.69, 9.17) is 0 Å². The Kier molecular flexibility index (Phi) is 4.63. The van der Waals surface area contributed by atoms with E-state index in [2.05, 4.69) is 10.3 Å². The highest BCUT2D eigenvalue weighted by Gasteiger charge is 2.51. The smallest absolute Gasteiger partial charge is 0.307 e. The number of carbonyl (C=O) groups is 2. The van der Waals surface area contributed by atoms with Gasteiger partial charge in [-0.05, 0) is 50.4 Å². The van der Waals surface area contributed by atoms with E-state index in [1.165, 1.54) is 28.9 Å². The molecule has 3 aliphatic rings. The van der Waals surface area contributed by atoms with Crippen LogP contribution in [0.1, 0.15) is 51.4 Å². The van der Waals surface area contributed by atoms with Crippen LogP contribution >= 0.6 is 11.3 Å². The highest BCUT2D eigenvalue weighted by molar-refractivity contribution is 7.13. The monoisotopic (exact) mass is 360 g/mol. The number of hydrogen-bond donors (Lipinski definition) is 2. The van der Waals surface area contributed by atoms with Crippen LogP contribution in [0.5, 0.6) is 0 Å². The SMILES string of the molecule is O=C(O)[C@@H]1[C@H](C(=O)Nc2nccs2)[C@H]2CCCCC2=C2CCCC[C@@H]21. The Balaban J connectivity index is 1.73. The van der Waals surface area contributed by atoms with E-state index in [0.29, 0.717) is 5.13 Å². The maximum absolute atomic E-state index is 13.1. The number of hydrogen-bond acceptors (Lipinski definition) is 4. The van der Waals surface area contributed by atoms with Crippen LogP contribution in [0.25, 0.3) is 0 Å². The van der Waals surface area contributed by atoms with Gasteiger partial charge >= 0.3 is 5.97 Å². The van der Waals surface area contributed by atoms with Crippen molar-refractivity contribution in [2.24, 2.45) is 23.7 Å². The molecule has 0 radical (unpaired) electrons. The Bertz CT molecular complexity index is 698. The van der Waals surface area contributed by atoms with E-state index < -0.39 is 17.8 Å². The fraction of sp³-hybridized carbons (Fsp3) is 0.632. The number of allylic oxidation sites excluding steroid dienone is 2. The lowest BCUT2D eigenvalue weighted by atomic mass is 9.57. The highest BCUT2D eigenvalue weighted by atomic mass is 32.1. The molecule has 0 bridgehead atoms. The van der Waals surface area contributed by atoms with Gasteiger partial charge in [0.05, 0.1) is 11.8 Å². The standard InChI is InChI=1S/C19H24N2O3S/c22-17(21-19-20-9-10-25-19)15-13-7-3-1-5-11(13)12-6-2-4-8-14(12)16(15)18(23)24/h9-10,13-16H,1-8H2,(H,23,24)(H,20,21,22)/t13-,14-,15+,16-/m0/s1. The summed E-state index contributed by atoms with van der Waals surface area (Å²) in [5.74, 6) is -1.89. The van der Waals surface area contributed by atoms with Crippen molar-refractivity contribution in [2.75, 3.05) is 5.32 Å². The molecule has 3 aliphatic carbocycles. The molecular formula is C19H24N2O3S. The quantitative estimate of drug-likeness (QED) is 0.796. The second-order valence-corrected chi connectivity index (χ2v) is 8.37. The van der Waals surface area contributed by atoms with E-state index in [1.807, 2.05) is 5.38 Å². The molecule has 2 fully saturated rings. The van der Waals surface area contributed by atoms with Crippen LogP contribution in [0.15, 0.2) is 22.7 Å². The number of aromatic nitrogens is 1. The molecule has 134 valence electrons. The number of nitrogens with zero attached hydrogens (tertiary/aromatic N) is 1. The van der Waals surface area contributed by atoms with E-state index in [0.717, 1.165) is 44.9 Å². The minimum atomic E-state index is -0.812. The number of rotatable bonds is 3. The van der Waals surface area contributed by atoms with Gasteiger partial charge in [-0.15, -0.1) is 11.3 Å². The normalized spacial score (nSPS) is 31.8. The molecule has 4 atom stereocenters. The van der Waals surface area contributed by atoms with Gasteiger partial charge < -0.3 is 10.4 Å². The molecule has 6 heteroatoms. The first-order valence-electron chi connectivity index (χ1n) is 9.32. The Hall–Kier alpha value is -1.69. The van der Waals surface area contributed by atoms with E-state index in [9.17, 15) is 14.7 Å². The Morgan fingerprint density at radius 1 is 1.04 bits per heavy atom. The lowest BCUT2D eigenvalue weighted by Crippen LogP contribution is -2.48. The van der Waals surface area contributed by atoms with Gasteiger partial charge in [-0.2, -0.15) is 0 Å². The average molecular weight is 360 g/mol. The Morgan fingerprint density at radius 3 is 2.24 bits per heavy atom. The van der Waals surface area contributed by atoms with Crippen molar-refractivity contribution in [1.29, 1.82) is 0 Å². The zero-order valence-electron chi connectivity index (χ0n) is 14.2. The maximum Gasteiger partial charge on any atom is 0.307 e. The predicted molar refractivity (Wildman–Crippen MR) is 96.3 cm³/mol. The summed E-state index contributed by atoms with van der Waals surface area (Å²) in [6.45, 7) is 0. The maximum atomic E-state index is 13.1. The van der Waals surface area contributed by atoms with E-state index >= 15 is 0 Å². The third kappa shape index (κ3) is 3.01. The number of carboxylic acids is 1. The third-order valence-electron chi connectivity index (χ3n) is 6.23. The number of aliphatic carboxylic acids is 1. The summed E-state index contributed by atoms with van der Waals surface area (Å²) in [5, 5.41) is 15.3. The predicted octanol–water partition coefficient (Wildman–Crippen LogP) is 4.09. The number of carbonyl (C=O) groups excluding carboxylic acids is 1. The summed E-state index contributed by atoms with van der Waals surface area (Å²) in [7, 11) is 0. The topological polar surface area (TPSA) is 79.3 Å². The number of nitrogens with one attached hydrogen (secondary N) is 1. The highest BCUT2D eigenvalue weighted by Crippen LogP contribution is 2.53. The minimum Gasteiger partial charge on any atom is -0.481 e. The number of carboxylic acid groups (broad SMARTS) is 1. The van der Waals surface area contributed by atoms with Gasteiger partial charge in [0.15, 0.2) is 5.13 Å². The molecule has 0 spiro atoms. The molecule has 5 nitrogen and oxygen atoms in total. The molecule has 0 aliphatic heterocycles. The molecule has 0 aromatic carbocycles. The van der Waals surface area contributed by atoms with Crippen LogP contribution < -0.4 is 5.32 Å². The van der Waals surface area contributed by atoms with Crippen LogP contribution in [-0.4, -0.2) is 22.0 Å². The number of anilines is 1. The molecule has 1 amide bonds. The summed E-state index contributed by atoms with van der Waals surface area (Å²) in [4.78, 5) is 29.4. The molecule has 25 heavy (non-hydrogen) atoms.